The summed E-state index contributed by atoms with van der Waals surface area (Å²) in [5, 5.41) is 21.0. The highest BCUT2D eigenvalue weighted by molar-refractivity contribution is 7.99. The second-order valence-corrected chi connectivity index (χ2v) is 7.60. The lowest BCUT2D eigenvalue weighted by Crippen LogP contribution is -2.36. The Bertz CT molecular complexity index is 1050. The molecule has 1 aliphatic rings. The molecule has 0 aromatic carbocycles. The summed E-state index contributed by atoms with van der Waals surface area (Å²) in [7, 11) is 0. The molecule has 2 N–H and O–H groups in total. The molecule has 0 saturated carbocycles. The molecule has 3 aromatic rings. The highest BCUT2D eigenvalue weighted by Gasteiger charge is 2.47. The third-order valence-electron chi connectivity index (χ3n) is 4.44. The van der Waals surface area contributed by atoms with Gasteiger partial charge in [0.2, 0.25) is 5.65 Å². The molecule has 0 aliphatic carbocycles. The number of alkyl halides is 3. The molecule has 0 radical (unpaired) electrons. The first-order chi connectivity index (χ1) is 14.3. The molecule has 30 heavy (non-hydrogen) atoms. The van der Waals surface area contributed by atoms with Gasteiger partial charge in [-0.1, -0.05) is 0 Å². The van der Waals surface area contributed by atoms with Crippen molar-refractivity contribution < 1.29 is 27.8 Å². The van der Waals surface area contributed by atoms with Gasteiger partial charge in [0, 0.05) is 37.1 Å². The fourth-order valence-electron chi connectivity index (χ4n) is 2.98. The zero-order valence-electron chi connectivity index (χ0n) is 15.2. The number of rotatable bonds is 5. The Balaban J connectivity index is 1.52. The number of aliphatic hydroxyl groups excluding tert-OH is 1. The standard InChI is InChI=1S/C17H15F3N6O3S/c18-17(19,20)16(28)29-10-8-30-12(11(10)27)14-24-25-15-13(22-5-6-26(14)15)23-7-9-1-3-21-4-2-9/h1-6,10-12,27H,7-8H2,(H,22,23)/t10-,11-,12-/m1/s1. The maximum absolute atomic E-state index is 12.4. The van der Waals surface area contributed by atoms with E-state index in [0.29, 0.717) is 23.8 Å². The highest BCUT2D eigenvalue weighted by Crippen LogP contribution is 2.41. The Kier molecular flexibility index (Phi) is 5.47. The van der Waals surface area contributed by atoms with Gasteiger partial charge in [-0.15, -0.1) is 22.0 Å². The average Bonchev–Trinajstić information content (AvgIpc) is 3.30. The number of ether oxygens (including phenoxy) is 1. The summed E-state index contributed by atoms with van der Waals surface area (Å²) in [6.45, 7) is 0.466. The van der Waals surface area contributed by atoms with E-state index in [2.05, 4.69) is 30.2 Å². The lowest BCUT2D eigenvalue weighted by molar-refractivity contribution is -0.207. The van der Waals surface area contributed by atoms with Crippen LogP contribution >= 0.6 is 11.8 Å². The molecule has 9 nitrogen and oxygen atoms in total. The molecule has 0 spiro atoms. The fraction of sp³-hybridized carbons (Fsp3) is 0.353. The monoisotopic (exact) mass is 440 g/mol. The van der Waals surface area contributed by atoms with Crippen LogP contribution in [0, 0.1) is 0 Å². The molecule has 1 aliphatic heterocycles. The van der Waals surface area contributed by atoms with Crippen LogP contribution in [-0.4, -0.2) is 59.8 Å². The van der Waals surface area contributed by atoms with Crippen molar-refractivity contribution in [1.82, 2.24) is 24.6 Å². The van der Waals surface area contributed by atoms with Gasteiger partial charge in [0.25, 0.3) is 0 Å². The first-order valence-electron chi connectivity index (χ1n) is 8.74. The van der Waals surface area contributed by atoms with E-state index in [9.17, 15) is 23.1 Å². The van der Waals surface area contributed by atoms with Crippen LogP contribution in [0.4, 0.5) is 19.0 Å². The molecule has 13 heteroatoms. The van der Waals surface area contributed by atoms with Crippen molar-refractivity contribution in [2.75, 3.05) is 11.1 Å². The number of nitrogens with one attached hydrogen (secondary N) is 1. The van der Waals surface area contributed by atoms with Crippen LogP contribution in [0.3, 0.4) is 0 Å². The molecule has 158 valence electrons. The molecule has 1 saturated heterocycles. The van der Waals surface area contributed by atoms with Crippen LogP contribution in [0.5, 0.6) is 0 Å². The molecule has 3 aromatic heterocycles. The van der Waals surface area contributed by atoms with E-state index in [1.54, 1.807) is 23.0 Å². The van der Waals surface area contributed by atoms with E-state index < -0.39 is 29.6 Å². The summed E-state index contributed by atoms with van der Waals surface area (Å²) < 4.78 is 43.3. The fourth-order valence-corrected chi connectivity index (χ4v) is 4.32. The van der Waals surface area contributed by atoms with Gasteiger partial charge in [0.15, 0.2) is 11.6 Å². The van der Waals surface area contributed by atoms with Crippen molar-refractivity contribution in [2.24, 2.45) is 0 Å². The van der Waals surface area contributed by atoms with Crippen LogP contribution in [0.25, 0.3) is 5.65 Å². The minimum Gasteiger partial charge on any atom is -0.452 e. The van der Waals surface area contributed by atoms with E-state index in [1.807, 2.05) is 12.1 Å². The predicted molar refractivity (Wildman–Crippen MR) is 99.5 cm³/mol. The van der Waals surface area contributed by atoms with Crippen molar-refractivity contribution in [1.29, 1.82) is 0 Å². The third kappa shape index (κ3) is 4.03. The Morgan fingerprint density at radius 1 is 1.30 bits per heavy atom. The van der Waals surface area contributed by atoms with Crippen LogP contribution in [0.2, 0.25) is 0 Å². The quantitative estimate of drug-likeness (QED) is 0.573. The van der Waals surface area contributed by atoms with E-state index in [-0.39, 0.29) is 5.75 Å². The number of nitrogens with zero attached hydrogens (tertiary/aromatic N) is 5. The van der Waals surface area contributed by atoms with Crippen molar-refractivity contribution >= 4 is 29.2 Å². The molecule has 4 heterocycles. The number of aromatic nitrogens is 5. The SMILES string of the molecule is O=C(O[C@@H]1CS[C@@H](c2nnc3c(NCc4ccncc4)nccn23)[C@@H]1O)C(F)(F)F. The first kappa shape index (κ1) is 20.3. The lowest BCUT2D eigenvalue weighted by Gasteiger charge is -2.18. The maximum Gasteiger partial charge on any atom is 0.490 e. The summed E-state index contributed by atoms with van der Waals surface area (Å²) in [6.07, 6.45) is -1.35. The van der Waals surface area contributed by atoms with Gasteiger partial charge in [0.1, 0.15) is 12.2 Å². The van der Waals surface area contributed by atoms with Gasteiger partial charge in [-0.3, -0.25) is 9.38 Å². The van der Waals surface area contributed by atoms with Gasteiger partial charge in [-0.2, -0.15) is 13.2 Å². The molecule has 0 amide bonds. The van der Waals surface area contributed by atoms with Crippen LogP contribution in [0.15, 0.2) is 36.9 Å². The molecular formula is C17H15F3N6O3S. The predicted octanol–water partition coefficient (Wildman–Crippen LogP) is 1.75. The zero-order valence-corrected chi connectivity index (χ0v) is 16.0. The van der Waals surface area contributed by atoms with Gasteiger partial charge in [-0.25, -0.2) is 9.78 Å². The molecule has 4 rings (SSSR count). The van der Waals surface area contributed by atoms with E-state index in [4.69, 9.17) is 0 Å². The molecule has 0 unspecified atom stereocenters. The highest BCUT2D eigenvalue weighted by atomic mass is 32.2. The second-order valence-electron chi connectivity index (χ2n) is 6.42. The van der Waals surface area contributed by atoms with Crippen LogP contribution in [0.1, 0.15) is 16.6 Å². The van der Waals surface area contributed by atoms with Crippen LogP contribution < -0.4 is 5.32 Å². The Hall–Kier alpha value is -2.93. The summed E-state index contributed by atoms with van der Waals surface area (Å²) in [5.41, 5.74) is 1.37. The number of halogens is 3. The molecule has 0 bridgehead atoms. The van der Waals surface area contributed by atoms with Gasteiger partial charge < -0.3 is 15.2 Å². The van der Waals surface area contributed by atoms with Crippen molar-refractivity contribution in [3.63, 3.8) is 0 Å². The summed E-state index contributed by atoms with van der Waals surface area (Å²) in [5.74, 6) is -1.56. The summed E-state index contributed by atoms with van der Waals surface area (Å²) >= 11 is 1.13. The van der Waals surface area contributed by atoms with Gasteiger partial charge >= 0.3 is 12.1 Å². The van der Waals surface area contributed by atoms with E-state index >= 15 is 0 Å². The first-order valence-corrected chi connectivity index (χ1v) is 9.79. The van der Waals surface area contributed by atoms with Crippen molar-refractivity contribution in [3.8, 4) is 0 Å². The van der Waals surface area contributed by atoms with Crippen molar-refractivity contribution in [3.05, 3.63) is 48.3 Å². The Labute approximate surface area is 171 Å². The molecule has 1 fully saturated rings. The smallest absolute Gasteiger partial charge is 0.452 e. The number of pyridine rings is 1. The topological polar surface area (TPSA) is 115 Å². The van der Waals surface area contributed by atoms with Gasteiger partial charge in [0.05, 0.1) is 5.25 Å². The number of fused-ring (bicyclic) bond motifs is 1. The Morgan fingerprint density at radius 3 is 2.80 bits per heavy atom. The summed E-state index contributed by atoms with van der Waals surface area (Å²) in [6, 6.07) is 3.69. The normalized spacial score (nSPS) is 21.7. The molecular weight excluding hydrogens is 425 g/mol. The minimum atomic E-state index is -5.12. The molecule has 3 atom stereocenters. The zero-order chi connectivity index (χ0) is 21.3. The van der Waals surface area contributed by atoms with Gasteiger partial charge in [-0.05, 0) is 17.7 Å². The number of carbonyl (C=O) groups is 1. The number of hydrogen-bond donors (Lipinski definition) is 2. The van der Waals surface area contributed by atoms with Crippen LogP contribution in [-0.2, 0) is 16.1 Å². The number of esters is 1. The van der Waals surface area contributed by atoms with E-state index in [1.165, 1.54) is 6.20 Å². The number of anilines is 1. The van der Waals surface area contributed by atoms with Crippen molar-refractivity contribution in [2.45, 2.75) is 30.2 Å². The summed E-state index contributed by atoms with van der Waals surface area (Å²) in [4.78, 5) is 19.3. The Morgan fingerprint density at radius 2 is 2.07 bits per heavy atom. The third-order valence-corrected chi connectivity index (χ3v) is 5.81. The number of aliphatic hydroxyl groups is 1. The second kappa shape index (κ2) is 8.07. The number of hydrogen-bond acceptors (Lipinski definition) is 9. The largest absolute Gasteiger partial charge is 0.490 e. The number of carbonyl (C=O) groups excluding carboxylic acids is 1. The van der Waals surface area contributed by atoms with E-state index in [0.717, 1.165) is 17.3 Å². The lowest BCUT2D eigenvalue weighted by atomic mass is 10.1. The minimum absolute atomic E-state index is 0.000794. The number of thioether (sulfide) groups is 1. The average molecular weight is 440 g/mol. The maximum atomic E-state index is 12.4.